The first kappa shape index (κ1) is 19.9. The number of carbonyl (C=O) groups excluding carboxylic acids is 1. The fourth-order valence-corrected chi connectivity index (χ4v) is 2.71. The Morgan fingerprint density at radius 2 is 1.96 bits per heavy atom. The average molecular weight is 363 g/mol. The van der Waals surface area contributed by atoms with Crippen LogP contribution in [-0.4, -0.2) is 51.2 Å². The van der Waals surface area contributed by atoms with Gasteiger partial charge < -0.3 is 10.1 Å². The number of sulfonamides is 1. The molecule has 1 rings (SSSR count). The van der Waals surface area contributed by atoms with Crippen LogP contribution in [0.15, 0.2) is 24.3 Å². The van der Waals surface area contributed by atoms with Crippen molar-refractivity contribution in [1.29, 1.82) is 0 Å². The molecule has 6 nitrogen and oxygen atoms in total. The zero-order valence-corrected chi connectivity index (χ0v) is 15.0. The van der Waals surface area contributed by atoms with E-state index in [1.54, 1.807) is 24.3 Å². The SMILES string of the molecule is CCOCCCNC(=O)CN(Cc1ccc(Cl)cc1)S(C)(=O)=O. The van der Waals surface area contributed by atoms with Crippen LogP contribution in [0.4, 0.5) is 0 Å². The van der Waals surface area contributed by atoms with E-state index in [9.17, 15) is 13.2 Å². The van der Waals surface area contributed by atoms with Crippen molar-refractivity contribution in [3.8, 4) is 0 Å². The second kappa shape index (κ2) is 9.87. The third-order valence-corrected chi connectivity index (χ3v) is 4.50. The van der Waals surface area contributed by atoms with Gasteiger partial charge in [0, 0.05) is 31.3 Å². The summed E-state index contributed by atoms with van der Waals surface area (Å²) in [4.78, 5) is 11.9. The standard InChI is InChI=1S/C15H23ClN2O4S/c1-3-22-10-4-9-17-15(19)12-18(23(2,20)21)11-13-5-7-14(16)8-6-13/h5-8H,3-4,9-12H2,1-2H3,(H,17,19). The van der Waals surface area contributed by atoms with Gasteiger partial charge in [-0.1, -0.05) is 23.7 Å². The Morgan fingerprint density at radius 1 is 1.30 bits per heavy atom. The molecule has 0 spiro atoms. The largest absolute Gasteiger partial charge is 0.382 e. The molecule has 0 atom stereocenters. The summed E-state index contributed by atoms with van der Waals surface area (Å²) in [5.41, 5.74) is 0.768. The molecule has 0 unspecified atom stereocenters. The lowest BCUT2D eigenvalue weighted by molar-refractivity contribution is -0.121. The van der Waals surface area contributed by atoms with Crippen molar-refractivity contribution in [3.63, 3.8) is 0 Å². The molecular formula is C15H23ClN2O4S. The summed E-state index contributed by atoms with van der Waals surface area (Å²) in [6.45, 7) is 3.48. The van der Waals surface area contributed by atoms with Crippen LogP contribution < -0.4 is 5.32 Å². The maximum atomic E-state index is 11.9. The molecule has 0 fully saturated rings. The molecule has 1 amide bonds. The second-order valence-electron chi connectivity index (χ2n) is 5.06. The number of nitrogens with one attached hydrogen (secondary N) is 1. The number of benzene rings is 1. The Balaban J connectivity index is 2.55. The molecule has 23 heavy (non-hydrogen) atoms. The molecule has 1 aromatic rings. The minimum absolute atomic E-state index is 0.127. The number of rotatable bonds is 10. The van der Waals surface area contributed by atoms with Gasteiger partial charge in [0.2, 0.25) is 15.9 Å². The zero-order valence-electron chi connectivity index (χ0n) is 13.4. The Kier molecular flexibility index (Phi) is 8.54. The zero-order chi connectivity index (χ0) is 17.3. The van der Waals surface area contributed by atoms with Crippen LogP contribution in [0.3, 0.4) is 0 Å². The van der Waals surface area contributed by atoms with Gasteiger partial charge in [-0.3, -0.25) is 4.79 Å². The van der Waals surface area contributed by atoms with Crippen LogP contribution in [0.1, 0.15) is 18.9 Å². The fourth-order valence-electron chi connectivity index (χ4n) is 1.85. The molecule has 0 heterocycles. The van der Waals surface area contributed by atoms with Crippen LogP contribution in [0, 0.1) is 0 Å². The van der Waals surface area contributed by atoms with Crippen molar-refractivity contribution in [3.05, 3.63) is 34.9 Å². The molecule has 0 aliphatic heterocycles. The van der Waals surface area contributed by atoms with E-state index in [4.69, 9.17) is 16.3 Å². The highest BCUT2D eigenvalue weighted by atomic mass is 35.5. The van der Waals surface area contributed by atoms with E-state index in [1.165, 1.54) is 0 Å². The number of carbonyl (C=O) groups is 1. The number of amides is 1. The van der Waals surface area contributed by atoms with Crippen molar-refractivity contribution in [2.24, 2.45) is 0 Å². The Bertz CT molecular complexity index is 590. The molecule has 0 saturated heterocycles. The first-order chi connectivity index (χ1) is 10.8. The molecule has 130 valence electrons. The van der Waals surface area contributed by atoms with Gasteiger partial charge in [0.25, 0.3) is 0 Å². The van der Waals surface area contributed by atoms with Crippen molar-refractivity contribution >= 4 is 27.5 Å². The van der Waals surface area contributed by atoms with Gasteiger partial charge in [0.05, 0.1) is 12.8 Å². The molecule has 8 heteroatoms. The minimum atomic E-state index is -3.49. The average Bonchev–Trinajstić information content (AvgIpc) is 2.47. The van der Waals surface area contributed by atoms with Crippen LogP contribution in [0.2, 0.25) is 5.02 Å². The molecule has 1 aromatic carbocycles. The highest BCUT2D eigenvalue weighted by Crippen LogP contribution is 2.13. The molecule has 0 radical (unpaired) electrons. The topological polar surface area (TPSA) is 75.7 Å². The molecule has 1 N–H and O–H groups in total. The summed E-state index contributed by atoms with van der Waals surface area (Å²) in [6, 6.07) is 6.84. The molecule has 0 aliphatic carbocycles. The Hall–Kier alpha value is -1.15. The quantitative estimate of drug-likeness (QED) is 0.642. The third kappa shape index (κ3) is 8.31. The maximum absolute atomic E-state index is 11.9. The van der Waals surface area contributed by atoms with Crippen molar-refractivity contribution in [1.82, 2.24) is 9.62 Å². The Morgan fingerprint density at radius 3 is 2.52 bits per heavy atom. The summed E-state index contributed by atoms with van der Waals surface area (Å²) in [6.07, 6.45) is 1.78. The lowest BCUT2D eigenvalue weighted by Crippen LogP contribution is -2.40. The van der Waals surface area contributed by atoms with E-state index < -0.39 is 10.0 Å². The van der Waals surface area contributed by atoms with Crippen LogP contribution in [-0.2, 0) is 26.1 Å². The summed E-state index contributed by atoms with van der Waals surface area (Å²) in [5, 5.41) is 3.27. The third-order valence-electron chi connectivity index (χ3n) is 3.05. The highest BCUT2D eigenvalue weighted by molar-refractivity contribution is 7.88. The van der Waals surface area contributed by atoms with Crippen LogP contribution in [0.5, 0.6) is 0 Å². The number of halogens is 1. The summed E-state index contributed by atoms with van der Waals surface area (Å²) in [7, 11) is -3.49. The van der Waals surface area contributed by atoms with Crippen molar-refractivity contribution in [2.45, 2.75) is 19.9 Å². The summed E-state index contributed by atoms with van der Waals surface area (Å²) < 4.78 is 30.0. The van der Waals surface area contributed by atoms with E-state index in [1.807, 2.05) is 6.92 Å². The molecule has 0 bridgehead atoms. The first-order valence-electron chi connectivity index (χ1n) is 7.37. The van der Waals surface area contributed by atoms with E-state index in [0.29, 0.717) is 31.2 Å². The van der Waals surface area contributed by atoms with Gasteiger partial charge in [-0.05, 0) is 31.0 Å². The normalized spacial score (nSPS) is 11.7. The van der Waals surface area contributed by atoms with E-state index in [-0.39, 0.29) is 19.0 Å². The van der Waals surface area contributed by atoms with Crippen molar-refractivity contribution in [2.75, 3.05) is 32.6 Å². The van der Waals surface area contributed by atoms with Gasteiger partial charge in [-0.2, -0.15) is 4.31 Å². The number of ether oxygens (including phenoxy) is 1. The van der Waals surface area contributed by atoms with Gasteiger partial charge in [-0.25, -0.2) is 8.42 Å². The number of hydrogen-bond donors (Lipinski definition) is 1. The summed E-state index contributed by atoms with van der Waals surface area (Å²) in [5.74, 6) is -0.333. The molecule has 0 saturated carbocycles. The first-order valence-corrected chi connectivity index (χ1v) is 9.59. The highest BCUT2D eigenvalue weighted by Gasteiger charge is 2.20. The van der Waals surface area contributed by atoms with E-state index in [0.717, 1.165) is 16.1 Å². The van der Waals surface area contributed by atoms with Gasteiger partial charge in [-0.15, -0.1) is 0 Å². The number of hydrogen-bond acceptors (Lipinski definition) is 4. The van der Waals surface area contributed by atoms with Gasteiger partial charge in [0.15, 0.2) is 0 Å². The van der Waals surface area contributed by atoms with Crippen molar-refractivity contribution < 1.29 is 17.9 Å². The second-order valence-corrected chi connectivity index (χ2v) is 7.48. The fraction of sp³-hybridized carbons (Fsp3) is 0.533. The molecule has 0 aliphatic rings. The maximum Gasteiger partial charge on any atom is 0.235 e. The van der Waals surface area contributed by atoms with Gasteiger partial charge in [0.1, 0.15) is 0 Å². The predicted molar refractivity (Wildman–Crippen MR) is 90.8 cm³/mol. The summed E-state index contributed by atoms with van der Waals surface area (Å²) >= 11 is 5.81. The van der Waals surface area contributed by atoms with E-state index in [2.05, 4.69) is 5.32 Å². The monoisotopic (exact) mass is 362 g/mol. The van der Waals surface area contributed by atoms with Crippen LogP contribution >= 0.6 is 11.6 Å². The molecule has 0 aromatic heterocycles. The van der Waals surface area contributed by atoms with E-state index >= 15 is 0 Å². The number of nitrogens with zero attached hydrogens (tertiary/aromatic N) is 1. The minimum Gasteiger partial charge on any atom is -0.382 e. The molecular weight excluding hydrogens is 340 g/mol. The van der Waals surface area contributed by atoms with Crippen LogP contribution in [0.25, 0.3) is 0 Å². The Labute approximate surface area is 142 Å². The lowest BCUT2D eigenvalue weighted by Gasteiger charge is -2.19. The lowest BCUT2D eigenvalue weighted by atomic mass is 10.2. The predicted octanol–water partition coefficient (Wildman–Crippen LogP) is 1.64. The smallest absolute Gasteiger partial charge is 0.235 e. The van der Waals surface area contributed by atoms with Gasteiger partial charge >= 0.3 is 0 Å².